The van der Waals surface area contributed by atoms with Crippen LogP contribution in [0.5, 0.6) is 0 Å². The largest absolute Gasteiger partial charge is 0.396 e. The fourth-order valence-corrected chi connectivity index (χ4v) is 1.15. The highest BCUT2D eigenvalue weighted by Crippen LogP contribution is 2.17. The minimum Gasteiger partial charge on any atom is -0.396 e. The Bertz CT molecular complexity index is 167. The summed E-state index contributed by atoms with van der Waals surface area (Å²) >= 11 is 0. The molecule has 0 aromatic rings. The van der Waals surface area contributed by atoms with Crippen LogP contribution < -0.4 is 5.32 Å². The third-order valence-electron chi connectivity index (χ3n) is 2.31. The summed E-state index contributed by atoms with van der Waals surface area (Å²) in [5.41, 5.74) is -0.00335. The zero-order chi connectivity index (χ0) is 11.0. The molecule has 0 aliphatic rings. The van der Waals surface area contributed by atoms with Crippen molar-refractivity contribution in [2.75, 3.05) is 13.2 Å². The number of rotatable bonds is 7. The lowest BCUT2D eigenvalue weighted by Gasteiger charge is -2.23. The van der Waals surface area contributed by atoms with Gasteiger partial charge in [-0.05, 0) is 18.3 Å². The zero-order valence-corrected chi connectivity index (χ0v) is 9.60. The smallest absolute Gasteiger partial charge is 0.220 e. The molecule has 0 aliphatic carbocycles. The van der Waals surface area contributed by atoms with Gasteiger partial charge in [-0.1, -0.05) is 27.2 Å². The summed E-state index contributed by atoms with van der Waals surface area (Å²) in [7, 11) is 0. The maximum absolute atomic E-state index is 11.3. The topological polar surface area (TPSA) is 49.3 Å². The molecule has 0 radical (unpaired) electrons. The highest BCUT2D eigenvalue weighted by Gasteiger charge is 2.17. The van der Waals surface area contributed by atoms with Gasteiger partial charge in [0.1, 0.15) is 0 Å². The van der Waals surface area contributed by atoms with Crippen molar-refractivity contribution in [1.29, 1.82) is 0 Å². The molecule has 0 aromatic heterocycles. The molecule has 0 fully saturated rings. The number of aliphatic hydroxyl groups excluding tert-OH is 1. The molecular formula is C11H23NO2. The lowest BCUT2D eigenvalue weighted by Crippen LogP contribution is -2.34. The molecular weight excluding hydrogens is 178 g/mol. The quantitative estimate of drug-likeness (QED) is 0.658. The van der Waals surface area contributed by atoms with Crippen molar-refractivity contribution < 1.29 is 9.90 Å². The lowest BCUT2D eigenvalue weighted by molar-refractivity contribution is -0.121. The number of amides is 1. The van der Waals surface area contributed by atoms with E-state index < -0.39 is 0 Å². The summed E-state index contributed by atoms with van der Waals surface area (Å²) in [6, 6.07) is 0. The van der Waals surface area contributed by atoms with Crippen molar-refractivity contribution >= 4 is 5.91 Å². The normalized spacial score (nSPS) is 11.4. The molecule has 0 aromatic carbocycles. The van der Waals surface area contributed by atoms with Gasteiger partial charge in [-0.2, -0.15) is 0 Å². The number of unbranched alkanes of at least 4 members (excludes halogenated alkanes) is 1. The first kappa shape index (κ1) is 13.4. The fraction of sp³-hybridized carbons (Fsp3) is 0.909. The molecule has 0 aliphatic heterocycles. The Kier molecular flexibility index (Phi) is 6.54. The Morgan fingerprint density at radius 3 is 2.57 bits per heavy atom. The van der Waals surface area contributed by atoms with Gasteiger partial charge in [-0.25, -0.2) is 0 Å². The number of carbonyl (C=O) groups is 1. The molecule has 0 heterocycles. The van der Waals surface area contributed by atoms with Gasteiger partial charge in [0.15, 0.2) is 0 Å². The first-order chi connectivity index (χ1) is 6.52. The summed E-state index contributed by atoms with van der Waals surface area (Å²) in [5.74, 6) is 0.123. The first-order valence-electron chi connectivity index (χ1n) is 5.39. The zero-order valence-electron chi connectivity index (χ0n) is 9.60. The molecule has 0 atom stereocenters. The van der Waals surface area contributed by atoms with E-state index in [9.17, 15) is 4.79 Å². The van der Waals surface area contributed by atoms with Crippen LogP contribution >= 0.6 is 0 Å². The molecule has 0 unspecified atom stereocenters. The summed E-state index contributed by atoms with van der Waals surface area (Å²) in [6.45, 7) is 6.99. The van der Waals surface area contributed by atoms with E-state index in [0.29, 0.717) is 13.0 Å². The number of aliphatic hydroxyl groups is 1. The van der Waals surface area contributed by atoms with Gasteiger partial charge in [-0.15, -0.1) is 0 Å². The standard InChI is InChI=1S/C11H23NO2/c1-4-5-6-10(14)12-9-11(2,3)7-8-13/h13H,4-9H2,1-3H3,(H,12,14). The molecule has 3 nitrogen and oxygen atoms in total. The highest BCUT2D eigenvalue weighted by atomic mass is 16.3. The molecule has 0 bridgehead atoms. The summed E-state index contributed by atoms with van der Waals surface area (Å²) < 4.78 is 0. The van der Waals surface area contributed by atoms with E-state index in [4.69, 9.17) is 5.11 Å². The van der Waals surface area contributed by atoms with Crippen LogP contribution in [-0.4, -0.2) is 24.2 Å². The Balaban J connectivity index is 3.64. The average molecular weight is 201 g/mol. The second-order valence-corrected chi connectivity index (χ2v) is 4.52. The monoisotopic (exact) mass is 201 g/mol. The minimum absolute atomic E-state index is 0.00335. The van der Waals surface area contributed by atoms with Crippen molar-refractivity contribution in [2.24, 2.45) is 5.41 Å². The molecule has 14 heavy (non-hydrogen) atoms. The van der Waals surface area contributed by atoms with Gasteiger partial charge >= 0.3 is 0 Å². The molecule has 0 saturated heterocycles. The van der Waals surface area contributed by atoms with E-state index in [-0.39, 0.29) is 17.9 Å². The predicted molar refractivity (Wildman–Crippen MR) is 58.0 cm³/mol. The van der Waals surface area contributed by atoms with Crippen molar-refractivity contribution in [3.05, 3.63) is 0 Å². The van der Waals surface area contributed by atoms with Crippen molar-refractivity contribution in [3.63, 3.8) is 0 Å². The molecule has 0 saturated carbocycles. The Labute approximate surface area is 86.9 Å². The van der Waals surface area contributed by atoms with E-state index in [1.807, 2.05) is 13.8 Å². The second-order valence-electron chi connectivity index (χ2n) is 4.52. The maximum Gasteiger partial charge on any atom is 0.220 e. The molecule has 84 valence electrons. The third-order valence-corrected chi connectivity index (χ3v) is 2.31. The predicted octanol–water partition coefficient (Wildman–Crippen LogP) is 1.70. The van der Waals surface area contributed by atoms with Gasteiger partial charge in [0.2, 0.25) is 5.91 Å². The molecule has 0 spiro atoms. The second kappa shape index (κ2) is 6.82. The number of hydrogen-bond donors (Lipinski definition) is 2. The van der Waals surface area contributed by atoms with Crippen LogP contribution in [0, 0.1) is 5.41 Å². The Hall–Kier alpha value is -0.570. The SMILES string of the molecule is CCCCC(=O)NCC(C)(C)CCO. The van der Waals surface area contributed by atoms with Gasteiger partial charge in [0.25, 0.3) is 0 Å². The van der Waals surface area contributed by atoms with Crippen molar-refractivity contribution in [1.82, 2.24) is 5.32 Å². The van der Waals surface area contributed by atoms with E-state index in [1.54, 1.807) is 0 Å². The van der Waals surface area contributed by atoms with E-state index in [0.717, 1.165) is 19.3 Å². The number of carbonyl (C=O) groups excluding carboxylic acids is 1. The van der Waals surface area contributed by atoms with E-state index >= 15 is 0 Å². The van der Waals surface area contributed by atoms with Gasteiger partial charge in [0.05, 0.1) is 0 Å². The first-order valence-corrected chi connectivity index (χ1v) is 5.39. The van der Waals surface area contributed by atoms with Crippen molar-refractivity contribution in [2.45, 2.75) is 46.5 Å². The van der Waals surface area contributed by atoms with Gasteiger partial charge in [-0.3, -0.25) is 4.79 Å². The van der Waals surface area contributed by atoms with Crippen LogP contribution in [0.25, 0.3) is 0 Å². The van der Waals surface area contributed by atoms with E-state index in [1.165, 1.54) is 0 Å². The lowest BCUT2D eigenvalue weighted by atomic mass is 9.90. The molecule has 0 rings (SSSR count). The van der Waals surface area contributed by atoms with E-state index in [2.05, 4.69) is 12.2 Å². The average Bonchev–Trinajstić information content (AvgIpc) is 2.11. The molecule has 3 heteroatoms. The fourth-order valence-electron chi connectivity index (χ4n) is 1.15. The minimum atomic E-state index is -0.00335. The van der Waals surface area contributed by atoms with Crippen LogP contribution in [0.2, 0.25) is 0 Å². The number of nitrogens with one attached hydrogen (secondary N) is 1. The maximum atomic E-state index is 11.3. The van der Waals surface area contributed by atoms with Crippen LogP contribution in [0.3, 0.4) is 0 Å². The van der Waals surface area contributed by atoms with Crippen LogP contribution in [0.4, 0.5) is 0 Å². The highest BCUT2D eigenvalue weighted by molar-refractivity contribution is 5.75. The van der Waals surface area contributed by atoms with Crippen LogP contribution in [0.15, 0.2) is 0 Å². The summed E-state index contributed by atoms with van der Waals surface area (Å²) in [4.78, 5) is 11.3. The van der Waals surface area contributed by atoms with Crippen LogP contribution in [0.1, 0.15) is 46.5 Å². The van der Waals surface area contributed by atoms with Gasteiger partial charge in [0, 0.05) is 19.6 Å². The number of hydrogen-bond acceptors (Lipinski definition) is 2. The summed E-state index contributed by atoms with van der Waals surface area (Å²) in [6.07, 6.45) is 3.34. The summed E-state index contributed by atoms with van der Waals surface area (Å²) in [5, 5.41) is 11.7. The third kappa shape index (κ3) is 6.89. The Morgan fingerprint density at radius 1 is 1.43 bits per heavy atom. The Morgan fingerprint density at radius 2 is 2.07 bits per heavy atom. The van der Waals surface area contributed by atoms with Gasteiger partial charge < -0.3 is 10.4 Å². The molecule has 1 amide bonds. The van der Waals surface area contributed by atoms with Crippen molar-refractivity contribution in [3.8, 4) is 0 Å². The van der Waals surface area contributed by atoms with Crippen LogP contribution in [-0.2, 0) is 4.79 Å². The molecule has 2 N–H and O–H groups in total.